The molecule has 8 nitrogen and oxygen atoms in total. The average molecular weight is 374 g/mol. The van der Waals surface area contributed by atoms with Gasteiger partial charge in [-0.2, -0.15) is 0 Å². The fourth-order valence-electron chi connectivity index (χ4n) is 3.16. The van der Waals surface area contributed by atoms with E-state index in [2.05, 4.69) is 20.3 Å². The van der Waals surface area contributed by atoms with E-state index in [1.54, 1.807) is 27.2 Å². The van der Waals surface area contributed by atoms with Crippen molar-refractivity contribution in [1.82, 2.24) is 15.0 Å². The van der Waals surface area contributed by atoms with Crippen LogP contribution in [0.3, 0.4) is 0 Å². The lowest BCUT2D eigenvalue weighted by Crippen LogP contribution is -2.48. The number of benzene rings is 1. The van der Waals surface area contributed by atoms with Gasteiger partial charge in [-0.1, -0.05) is 5.16 Å². The first kappa shape index (κ1) is 19.2. The summed E-state index contributed by atoms with van der Waals surface area (Å²) in [4.78, 5) is 16.6. The first-order valence-electron chi connectivity index (χ1n) is 8.96. The summed E-state index contributed by atoms with van der Waals surface area (Å²) in [6.45, 7) is 6.36. The minimum Gasteiger partial charge on any atom is -0.497 e. The Balaban J connectivity index is 1.48. The van der Waals surface area contributed by atoms with Gasteiger partial charge in [-0.05, 0) is 25.1 Å². The zero-order valence-corrected chi connectivity index (χ0v) is 16.0. The molecular formula is C19H26N4O4. The van der Waals surface area contributed by atoms with E-state index in [1.165, 1.54) is 0 Å². The Labute approximate surface area is 159 Å². The van der Waals surface area contributed by atoms with Crippen LogP contribution in [0, 0.1) is 6.92 Å². The monoisotopic (exact) mass is 374 g/mol. The van der Waals surface area contributed by atoms with Crippen LogP contribution in [-0.4, -0.2) is 67.8 Å². The van der Waals surface area contributed by atoms with E-state index in [0.717, 1.165) is 49.8 Å². The second-order valence-corrected chi connectivity index (χ2v) is 6.60. The number of anilines is 1. The van der Waals surface area contributed by atoms with Gasteiger partial charge in [0.05, 0.1) is 20.8 Å². The van der Waals surface area contributed by atoms with E-state index in [-0.39, 0.29) is 5.91 Å². The Bertz CT molecular complexity index is 769. The first-order chi connectivity index (χ1) is 13.1. The number of nitrogens with one attached hydrogen (secondary N) is 1. The van der Waals surface area contributed by atoms with Gasteiger partial charge in [0.1, 0.15) is 17.3 Å². The molecule has 0 spiro atoms. The molecular weight excluding hydrogens is 348 g/mol. The first-order valence-corrected chi connectivity index (χ1v) is 8.96. The number of methoxy groups -OCH3 is 2. The Kier molecular flexibility index (Phi) is 6.31. The van der Waals surface area contributed by atoms with Crippen LogP contribution in [0.4, 0.5) is 5.82 Å². The zero-order valence-electron chi connectivity index (χ0n) is 16.0. The van der Waals surface area contributed by atoms with Gasteiger partial charge in [0.2, 0.25) is 5.91 Å². The highest BCUT2D eigenvalue weighted by molar-refractivity contribution is 5.91. The number of rotatable bonds is 7. The molecule has 1 N–H and O–H groups in total. The molecule has 0 atom stereocenters. The molecule has 0 aliphatic carbocycles. The maximum absolute atomic E-state index is 12.1. The Morgan fingerprint density at radius 3 is 2.52 bits per heavy atom. The van der Waals surface area contributed by atoms with E-state index < -0.39 is 0 Å². The van der Waals surface area contributed by atoms with Crippen molar-refractivity contribution in [3.05, 3.63) is 35.6 Å². The number of ether oxygens (including phenoxy) is 2. The molecule has 2 heterocycles. The van der Waals surface area contributed by atoms with Crippen molar-refractivity contribution >= 4 is 11.7 Å². The lowest BCUT2D eigenvalue weighted by atomic mass is 10.1. The largest absolute Gasteiger partial charge is 0.497 e. The van der Waals surface area contributed by atoms with Crippen LogP contribution in [-0.2, 0) is 11.3 Å². The smallest absolute Gasteiger partial charge is 0.239 e. The molecule has 1 aliphatic heterocycles. The van der Waals surface area contributed by atoms with Crippen LogP contribution in [0.2, 0.25) is 0 Å². The topological polar surface area (TPSA) is 80.1 Å². The van der Waals surface area contributed by atoms with E-state index in [0.29, 0.717) is 18.1 Å². The second kappa shape index (κ2) is 8.88. The van der Waals surface area contributed by atoms with Crippen molar-refractivity contribution in [2.45, 2.75) is 13.5 Å². The summed E-state index contributed by atoms with van der Waals surface area (Å²) in [5.41, 5.74) is 1.10. The molecule has 1 saturated heterocycles. The van der Waals surface area contributed by atoms with Crippen LogP contribution in [0.5, 0.6) is 11.5 Å². The third kappa shape index (κ3) is 5.21. The van der Waals surface area contributed by atoms with Gasteiger partial charge < -0.3 is 19.3 Å². The quantitative estimate of drug-likeness (QED) is 0.791. The normalized spacial score (nSPS) is 15.5. The number of aryl methyl sites for hydroxylation is 1. The molecule has 2 aromatic rings. The fourth-order valence-corrected chi connectivity index (χ4v) is 3.16. The number of aromatic nitrogens is 1. The summed E-state index contributed by atoms with van der Waals surface area (Å²) in [5, 5.41) is 6.54. The molecule has 1 amide bonds. The maximum Gasteiger partial charge on any atom is 0.239 e. The number of amides is 1. The number of nitrogens with zero attached hydrogens (tertiary/aromatic N) is 3. The van der Waals surface area contributed by atoms with Crippen LogP contribution in [0.1, 0.15) is 11.3 Å². The Morgan fingerprint density at radius 1 is 1.15 bits per heavy atom. The molecule has 1 aromatic carbocycles. The maximum atomic E-state index is 12.1. The van der Waals surface area contributed by atoms with E-state index >= 15 is 0 Å². The molecule has 0 unspecified atom stereocenters. The van der Waals surface area contributed by atoms with Crippen LogP contribution >= 0.6 is 0 Å². The lowest BCUT2D eigenvalue weighted by Gasteiger charge is -2.34. The van der Waals surface area contributed by atoms with E-state index in [4.69, 9.17) is 14.0 Å². The highest BCUT2D eigenvalue weighted by atomic mass is 16.5. The Hall–Kier alpha value is -2.58. The molecule has 146 valence electrons. The fraction of sp³-hybridized carbons (Fsp3) is 0.474. The molecule has 0 saturated carbocycles. The number of hydrogen-bond acceptors (Lipinski definition) is 7. The van der Waals surface area contributed by atoms with Crippen molar-refractivity contribution in [2.24, 2.45) is 0 Å². The summed E-state index contributed by atoms with van der Waals surface area (Å²) in [6.07, 6.45) is 0. The van der Waals surface area contributed by atoms with Crippen molar-refractivity contribution in [3.8, 4) is 11.5 Å². The van der Waals surface area contributed by atoms with Gasteiger partial charge >= 0.3 is 0 Å². The minimum atomic E-state index is -0.0776. The van der Waals surface area contributed by atoms with Crippen molar-refractivity contribution in [3.63, 3.8) is 0 Å². The van der Waals surface area contributed by atoms with Crippen LogP contribution in [0.25, 0.3) is 0 Å². The van der Waals surface area contributed by atoms with Gasteiger partial charge in [0, 0.05) is 44.4 Å². The van der Waals surface area contributed by atoms with Crippen LogP contribution < -0.4 is 14.8 Å². The van der Waals surface area contributed by atoms with E-state index in [9.17, 15) is 4.79 Å². The lowest BCUT2D eigenvalue weighted by molar-refractivity contribution is -0.117. The van der Waals surface area contributed by atoms with Gasteiger partial charge in [-0.15, -0.1) is 0 Å². The molecule has 3 rings (SSSR count). The number of hydrogen-bond donors (Lipinski definition) is 1. The van der Waals surface area contributed by atoms with Crippen LogP contribution in [0.15, 0.2) is 28.8 Å². The predicted molar refractivity (Wildman–Crippen MR) is 101 cm³/mol. The Morgan fingerprint density at radius 2 is 1.89 bits per heavy atom. The molecule has 0 bridgehead atoms. The summed E-state index contributed by atoms with van der Waals surface area (Å²) >= 11 is 0. The van der Waals surface area contributed by atoms with Crippen molar-refractivity contribution in [2.75, 3.05) is 52.3 Å². The average Bonchev–Trinajstić information content (AvgIpc) is 3.07. The highest BCUT2D eigenvalue weighted by Crippen LogP contribution is 2.25. The molecule has 1 aliphatic rings. The highest BCUT2D eigenvalue weighted by Gasteiger charge is 2.20. The summed E-state index contributed by atoms with van der Waals surface area (Å²) in [5.74, 6) is 2.74. The number of carbonyl (C=O) groups is 1. The third-order valence-corrected chi connectivity index (χ3v) is 4.61. The third-order valence-electron chi connectivity index (χ3n) is 4.61. The van der Waals surface area contributed by atoms with E-state index in [1.807, 2.05) is 18.2 Å². The second-order valence-electron chi connectivity index (χ2n) is 6.60. The molecule has 0 radical (unpaired) electrons. The van der Waals surface area contributed by atoms with Gasteiger partial charge in [0.15, 0.2) is 5.82 Å². The molecule has 27 heavy (non-hydrogen) atoms. The predicted octanol–water partition coefficient (Wildman–Crippen LogP) is 1.76. The molecule has 8 heteroatoms. The number of piperazine rings is 1. The minimum absolute atomic E-state index is 0.0776. The van der Waals surface area contributed by atoms with Gasteiger partial charge in [-0.3, -0.25) is 14.6 Å². The summed E-state index contributed by atoms with van der Waals surface area (Å²) in [7, 11) is 3.34. The summed E-state index contributed by atoms with van der Waals surface area (Å²) < 4.78 is 15.7. The number of carbonyl (C=O) groups excluding carboxylic acids is 1. The summed E-state index contributed by atoms with van der Waals surface area (Å²) in [6, 6.07) is 7.55. The molecule has 1 aromatic heterocycles. The zero-order chi connectivity index (χ0) is 19.2. The van der Waals surface area contributed by atoms with Crippen molar-refractivity contribution < 1.29 is 18.8 Å². The molecule has 1 fully saturated rings. The van der Waals surface area contributed by atoms with Crippen molar-refractivity contribution in [1.29, 1.82) is 0 Å². The van der Waals surface area contributed by atoms with Gasteiger partial charge in [0.25, 0.3) is 0 Å². The SMILES string of the molecule is COc1ccc(OC)c(CN2CCN(CC(=O)Nc3cc(C)on3)CC2)c1. The van der Waals surface area contributed by atoms with Gasteiger partial charge in [-0.25, -0.2) is 0 Å². The standard InChI is InChI=1S/C19H26N4O4/c1-14-10-18(21-27-14)20-19(24)13-23-8-6-22(7-9-23)12-15-11-16(25-2)4-5-17(15)26-3/h4-5,10-11H,6-9,12-13H2,1-3H3,(H,20,21,24).